The highest BCUT2D eigenvalue weighted by molar-refractivity contribution is 5.99. The smallest absolute Gasteiger partial charge is 0.342 e. The molecule has 4 saturated heterocycles. The number of hydrogen-bond donors (Lipinski definition) is 3. The molecule has 0 radical (unpaired) electrons. The third-order valence-electron chi connectivity index (χ3n) is 11.8. The van der Waals surface area contributed by atoms with Crippen LogP contribution in [0.5, 0.6) is 0 Å². The SMILES string of the molecule is C[C@@H]1C(=O)O[C@@H]2C[C@@]1(C)[C@H]1C(=O)[C@]3(O)O[C@@]14[C@@](O)(CC[C@H]1[C@H]3[C@H](O)C=C3C=CCC(=O)[C@@]31C)C(=O)O[C@@]24C. The normalized spacial score (nSPS) is 58.1. The Morgan fingerprint density at radius 2 is 1.79 bits per heavy atom. The van der Waals surface area contributed by atoms with Gasteiger partial charge < -0.3 is 29.5 Å². The third-order valence-corrected chi connectivity index (χ3v) is 11.8. The summed E-state index contributed by atoms with van der Waals surface area (Å²) in [5.41, 5.74) is -8.02. The first-order valence-corrected chi connectivity index (χ1v) is 13.4. The van der Waals surface area contributed by atoms with Crippen molar-refractivity contribution in [2.24, 2.45) is 34.5 Å². The fourth-order valence-corrected chi connectivity index (χ4v) is 9.48. The van der Waals surface area contributed by atoms with Gasteiger partial charge in [-0.25, -0.2) is 4.79 Å². The highest BCUT2D eigenvalue weighted by Gasteiger charge is 2.92. The fraction of sp³-hybridized carbons (Fsp3) is 0.714. The van der Waals surface area contributed by atoms with Gasteiger partial charge in [0.15, 0.2) is 22.6 Å². The predicted molar refractivity (Wildman–Crippen MR) is 126 cm³/mol. The summed E-state index contributed by atoms with van der Waals surface area (Å²) in [5, 5.41) is 36.1. The monoisotopic (exact) mass is 528 g/mol. The maximum atomic E-state index is 14.6. The molecule has 1 saturated carbocycles. The first kappa shape index (κ1) is 24.6. The van der Waals surface area contributed by atoms with Crippen molar-refractivity contribution in [2.75, 3.05) is 0 Å². The molecule has 4 heterocycles. The average Bonchev–Trinajstić information content (AvgIpc) is 3.19. The minimum Gasteiger partial charge on any atom is -0.458 e. The first-order chi connectivity index (χ1) is 17.6. The van der Waals surface area contributed by atoms with Gasteiger partial charge in [-0.2, -0.15) is 0 Å². The Labute approximate surface area is 219 Å². The van der Waals surface area contributed by atoms with Crippen LogP contribution in [0, 0.1) is 34.5 Å². The number of aliphatic hydroxyl groups excluding tert-OH is 1. The van der Waals surface area contributed by atoms with Gasteiger partial charge in [-0.3, -0.25) is 14.4 Å². The van der Waals surface area contributed by atoms with Gasteiger partial charge in [0.1, 0.15) is 11.9 Å². The summed E-state index contributed by atoms with van der Waals surface area (Å²) in [6, 6.07) is 0. The van der Waals surface area contributed by atoms with E-state index in [4.69, 9.17) is 14.2 Å². The Hall–Kier alpha value is -2.40. The molecule has 0 aromatic carbocycles. The maximum Gasteiger partial charge on any atom is 0.342 e. The molecule has 7 rings (SSSR count). The highest BCUT2D eigenvalue weighted by Crippen LogP contribution is 2.73. The molecule has 4 bridgehead atoms. The van der Waals surface area contributed by atoms with Crippen LogP contribution in [-0.4, -0.2) is 73.6 Å². The quantitative estimate of drug-likeness (QED) is 0.379. The van der Waals surface area contributed by atoms with Crippen LogP contribution in [-0.2, 0) is 33.4 Å². The lowest BCUT2D eigenvalue weighted by Gasteiger charge is -2.61. The average molecular weight is 529 g/mol. The number of aliphatic hydroxyl groups is 3. The number of fused-ring (bicyclic) bond motifs is 9. The summed E-state index contributed by atoms with van der Waals surface area (Å²) >= 11 is 0. The maximum absolute atomic E-state index is 14.6. The van der Waals surface area contributed by atoms with Gasteiger partial charge in [-0.05, 0) is 50.0 Å². The number of carbonyl (C=O) groups excluding carboxylic acids is 4. The fourth-order valence-electron chi connectivity index (χ4n) is 9.48. The molecule has 12 atom stereocenters. The van der Waals surface area contributed by atoms with Crippen LogP contribution < -0.4 is 0 Å². The predicted octanol–water partition coefficient (Wildman–Crippen LogP) is 0.510. The molecule has 4 aliphatic heterocycles. The molecular weight excluding hydrogens is 496 g/mol. The molecule has 10 heteroatoms. The number of rotatable bonds is 0. The van der Waals surface area contributed by atoms with Crippen molar-refractivity contribution in [2.45, 2.75) is 88.2 Å². The topological polar surface area (TPSA) is 157 Å². The lowest BCUT2D eigenvalue weighted by atomic mass is 9.46. The van der Waals surface area contributed by atoms with E-state index in [9.17, 15) is 34.5 Å². The van der Waals surface area contributed by atoms with Crippen molar-refractivity contribution in [3.8, 4) is 0 Å². The lowest BCUT2D eigenvalue weighted by Crippen LogP contribution is -2.78. The van der Waals surface area contributed by atoms with Crippen molar-refractivity contribution in [1.29, 1.82) is 0 Å². The van der Waals surface area contributed by atoms with Gasteiger partial charge >= 0.3 is 11.9 Å². The first-order valence-electron chi connectivity index (χ1n) is 13.4. The number of ether oxygens (including phenoxy) is 3. The van der Waals surface area contributed by atoms with E-state index < -0.39 is 87.0 Å². The molecule has 10 nitrogen and oxygen atoms in total. The van der Waals surface area contributed by atoms with E-state index in [1.165, 1.54) is 13.0 Å². The van der Waals surface area contributed by atoms with Gasteiger partial charge in [-0.15, -0.1) is 0 Å². The second-order valence-corrected chi connectivity index (χ2v) is 13.1. The van der Waals surface area contributed by atoms with Crippen LogP contribution in [0.25, 0.3) is 0 Å². The molecule has 38 heavy (non-hydrogen) atoms. The molecule has 0 aromatic rings. The second-order valence-electron chi connectivity index (χ2n) is 13.1. The van der Waals surface area contributed by atoms with Crippen LogP contribution in [0.3, 0.4) is 0 Å². The number of hydrogen-bond acceptors (Lipinski definition) is 10. The van der Waals surface area contributed by atoms with E-state index >= 15 is 0 Å². The Bertz CT molecular complexity index is 1300. The highest BCUT2D eigenvalue weighted by atomic mass is 16.7. The van der Waals surface area contributed by atoms with Crippen LogP contribution in [0.15, 0.2) is 23.8 Å². The minimum absolute atomic E-state index is 0.0287. The standard InChI is InChI=1S/C28H32O10/c1-12-21(32)36-17-11-23(12,2)19-20(31)27(35)18-14(24(3)13(10-15(18)29)6-5-7-16(24)30)8-9-26(34)22(33)37-25(17,4)28(19,26)38-27/h5-6,10,12,14-15,17-19,29,34-35H,7-9,11H2,1-4H3/t12-,14+,15-,17-,18+,19-,23-,24+,25+,26-,27-,28+/m1/s1. The minimum atomic E-state index is -2.67. The van der Waals surface area contributed by atoms with E-state index in [2.05, 4.69) is 0 Å². The number of esters is 2. The summed E-state index contributed by atoms with van der Waals surface area (Å²) < 4.78 is 18.0. The number of Topliss-reactive ketones (excluding diaryl/α,β-unsaturated/α-hetero) is 2. The molecule has 3 N–H and O–H groups in total. The Kier molecular flexibility index (Phi) is 4.31. The molecule has 204 valence electrons. The zero-order chi connectivity index (χ0) is 27.4. The van der Waals surface area contributed by atoms with Crippen molar-refractivity contribution in [3.05, 3.63) is 23.8 Å². The van der Waals surface area contributed by atoms with Crippen molar-refractivity contribution >= 4 is 23.5 Å². The molecule has 1 spiro atoms. The molecule has 0 aromatic heterocycles. The largest absolute Gasteiger partial charge is 0.458 e. The summed E-state index contributed by atoms with van der Waals surface area (Å²) in [7, 11) is 0. The van der Waals surface area contributed by atoms with Crippen LogP contribution in [0.2, 0.25) is 0 Å². The Morgan fingerprint density at radius 1 is 1.08 bits per heavy atom. The molecule has 0 amide bonds. The zero-order valence-corrected chi connectivity index (χ0v) is 21.7. The summed E-state index contributed by atoms with van der Waals surface area (Å²) in [6.07, 6.45) is 2.64. The number of ketones is 2. The van der Waals surface area contributed by atoms with Crippen molar-refractivity contribution < 1.29 is 48.7 Å². The van der Waals surface area contributed by atoms with Crippen LogP contribution in [0.1, 0.15) is 53.4 Å². The second kappa shape index (κ2) is 6.66. The third kappa shape index (κ3) is 2.19. The van der Waals surface area contributed by atoms with E-state index in [1.54, 1.807) is 32.9 Å². The summed E-state index contributed by atoms with van der Waals surface area (Å²) in [5.74, 6) is -9.49. The molecule has 0 unspecified atom stereocenters. The van der Waals surface area contributed by atoms with Gasteiger partial charge in [0.05, 0.1) is 29.3 Å². The van der Waals surface area contributed by atoms with E-state index in [1.807, 2.05) is 0 Å². The molecule has 3 aliphatic carbocycles. The van der Waals surface area contributed by atoms with E-state index in [0.717, 1.165) is 0 Å². The van der Waals surface area contributed by atoms with Crippen molar-refractivity contribution in [1.82, 2.24) is 0 Å². The molecule has 5 fully saturated rings. The van der Waals surface area contributed by atoms with Gasteiger partial charge in [0, 0.05) is 6.42 Å². The summed E-state index contributed by atoms with van der Waals surface area (Å²) in [4.78, 5) is 54.6. The Balaban J connectivity index is 1.52. The lowest BCUT2D eigenvalue weighted by molar-refractivity contribution is -0.350. The van der Waals surface area contributed by atoms with Gasteiger partial charge in [0.25, 0.3) is 0 Å². The Morgan fingerprint density at radius 3 is 2.50 bits per heavy atom. The van der Waals surface area contributed by atoms with Crippen LogP contribution >= 0.6 is 0 Å². The number of carbonyl (C=O) groups is 4. The zero-order valence-electron chi connectivity index (χ0n) is 21.7. The molecular formula is C28H32O10. The molecule has 7 aliphatic rings. The van der Waals surface area contributed by atoms with Gasteiger partial charge in [-0.1, -0.05) is 32.1 Å². The number of allylic oxidation sites excluding steroid dienone is 3. The van der Waals surface area contributed by atoms with E-state index in [-0.39, 0.29) is 31.5 Å². The van der Waals surface area contributed by atoms with E-state index in [0.29, 0.717) is 5.57 Å². The summed E-state index contributed by atoms with van der Waals surface area (Å²) in [6.45, 7) is 6.53. The van der Waals surface area contributed by atoms with Crippen molar-refractivity contribution in [3.63, 3.8) is 0 Å². The van der Waals surface area contributed by atoms with Gasteiger partial charge in [0.2, 0.25) is 5.79 Å². The van der Waals surface area contributed by atoms with Crippen LogP contribution in [0.4, 0.5) is 0 Å².